The van der Waals surface area contributed by atoms with Crippen molar-refractivity contribution in [1.29, 1.82) is 0 Å². The highest BCUT2D eigenvalue weighted by Gasteiger charge is 2.60. The topological polar surface area (TPSA) is 57.6 Å². The first-order valence-electron chi connectivity index (χ1n) is 14.4. The van der Waals surface area contributed by atoms with Crippen LogP contribution < -0.4 is 10.4 Å². The fourth-order valence-electron chi connectivity index (χ4n) is 6.81. The quantitative estimate of drug-likeness (QED) is 0.250. The lowest BCUT2D eigenvalue weighted by Gasteiger charge is -2.40. The molecule has 0 saturated carbocycles. The average molecular weight is 600 g/mol. The van der Waals surface area contributed by atoms with E-state index in [1.807, 2.05) is 61.5 Å². The van der Waals surface area contributed by atoms with Gasteiger partial charge in [0.1, 0.15) is 0 Å². The van der Waals surface area contributed by atoms with E-state index < -0.39 is 38.3 Å². The van der Waals surface area contributed by atoms with E-state index in [-0.39, 0.29) is 16.5 Å². The molecule has 4 atom stereocenters. The summed E-state index contributed by atoms with van der Waals surface area (Å²) in [5.74, 6) is 0. The summed E-state index contributed by atoms with van der Waals surface area (Å²) in [6.07, 6.45) is -0.843. The highest BCUT2D eigenvalue weighted by atomic mass is 32.2. The van der Waals surface area contributed by atoms with Crippen molar-refractivity contribution in [3.63, 3.8) is 0 Å². The minimum absolute atomic E-state index is 0.203. The zero-order valence-electron chi connectivity index (χ0n) is 24.6. The van der Waals surface area contributed by atoms with Gasteiger partial charge in [0.05, 0.1) is 33.2 Å². The van der Waals surface area contributed by atoms with Gasteiger partial charge in [0, 0.05) is 11.6 Å². The van der Waals surface area contributed by atoms with Crippen LogP contribution in [0.25, 0.3) is 0 Å². The molecule has 1 heterocycles. The van der Waals surface area contributed by atoms with Crippen molar-refractivity contribution in [2.24, 2.45) is 0 Å². The largest absolute Gasteiger partial charge is 0.391 e. The molecule has 0 radical (unpaired) electrons. The van der Waals surface area contributed by atoms with Gasteiger partial charge in [0.25, 0.3) is 0 Å². The molecule has 1 aliphatic heterocycles. The van der Waals surface area contributed by atoms with Gasteiger partial charge in [-0.05, 0) is 30.7 Å². The van der Waals surface area contributed by atoms with Crippen LogP contribution in [0, 0.1) is 6.92 Å². The van der Waals surface area contributed by atoms with Crippen molar-refractivity contribution in [3.05, 3.63) is 126 Å². The van der Waals surface area contributed by atoms with Crippen LogP contribution in [-0.2, 0) is 10.0 Å². The van der Waals surface area contributed by atoms with E-state index in [2.05, 4.69) is 74.7 Å². The van der Waals surface area contributed by atoms with E-state index >= 15 is 0 Å². The fourth-order valence-corrected chi connectivity index (χ4v) is 15.7. The number of rotatable bonds is 8. The number of hydrogen-bond acceptors (Lipinski definition) is 3. The van der Waals surface area contributed by atoms with Crippen molar-refractivity contribution in [2.75, 3.05) is 0 Å². The number of nitrogens with zero attached hydrogens (tertiary/aromatic N) is 1. The van der Waals surface area contributed by atoms with Gasteiger partial charge in [-0.15, -0.1) is 0 Å². The first-order valence-corrected chi connectivity index (χ1v) is 22.1. The van der Waals surface area contributed by atoms with Gasteiger partial charge in [-0.3, -0.25) is 0 Å². The van der Waals surface area contributed by atoms with Crippen LogP contribution in [0.15, 0.2) is 120 Å². The van der Waals surface area contributed by atoms with Crippen LogP contribution in [0.4, 0.5) is 0 Å². The molecule has 4 aromatic rings. The minimum Gasteiger partial charge on any atom is -0.391 e. The molecule has 0 aliphatic carbocycles. The molecule has 0 amide bonds. The molecule has 0 aromatic heterocycles. The van der Waals surface area contributed by atoms with Crippen LogP contribution in [0.2, 0.25) is 37.8 Å². The Morgan fingerprint density at radius 3 is 1.73 bits per heavy atom. The van der Waals surface area contributed by atoms with Gasteiger partial charge < -0.3 is 5.11 Å². The molecule has 0 spiro atoms. The molecule has 214 valence electrons. The van der Waals surface area contributed by atoms with Gasteiger partial charge in [-0.1, -0.05) is 145 Å². The molecular weight excluding hydrogens is 559 g/mol. The molecule has 5 rings (SSSR count). The Balaban J connectivity index is 1.74. The van der Waals surface area contributed by atoms with E-state index in [9.17, 15) is 13.5 Å². The van der Waals surface area contributed by atoms with E-state index in [4.69, 9.17) is 0 Å². The van der Waals surface area contributed by atoms with Crippen molar-refractivity contribution in [3.8, 4) is 0 Å². The number of aliphatic hydroxyl groups excluding tert-OH is 1. The Hall–Kier alpha value is -2.82. The maximum absolute atomic E-state index is 14.8. The average Bonchev–Trinajstić information content (AvgIpc) is 3.26. The summed E-state index contributed by atoms with van der Waals surface area (Å²) < 4.78 is 31.2. The van der Waals surface area contributed by atoms with Crippen molar-refractivity contribution in [2.45, 2.75) is 67.8 Å². The van der Waals surface area contributed by atoms with E-state index in [1.54, 1.807) is 16.4 Å². The molecule has 4 aromatic carbocycles. The lowest BCUT2D eigenvalue weighted by Crippen LogP contribution is -2.56. The lowest BCUT2D eigenvalue weighted by atomic mass is 10.0. The number of hydrogen-bond donors (Lipinski definition) is 1. The second-order valence-corrected chi connectivity index (χ2v) is 23.9. The predicted molar refractivity (Wildman–Crippen MR) is 175 cm³/mol. The smallest absolute Gasteiger partial charge is 0.243 e. The number of aliphatic hydroxyl groups is 1. The zero-order valence-corrected chi connectivity index (χ0v) is 27.4. The standard InChI is InChI=1S/C34H41NO3SSi2/c1-26-21-23-28(24-22-26)39(37,38)35-31(25-40(2,3)29-17-11-7-12-18-29)34(41(4,5)30-19-13-8-14-20-30)33(36)32(35)27-15-9-6-10-16-27/h6-24,31-34,36H,25H2,1-5H3/t31-,32+,33-,34-/m1/s1. The Kier molecular flexibility index (Phi) is 8.29. The maximum atomic E-state index is 14.8. The third-order valence-corrected chi connectivity index (χ3v) is 18.5. The first-order chi connectivity index (χ1) is 19.4. The molecule has 41 heavy (non-hydrogen) atoms. The van der Waals surface area contributed by atoms with E-state index in [1.165, 1.54) is 10.4 Å². The van der Waals surface area contributed by atoms with Crippen LogP contribution in [-0.4, -0.2) is 46.1 Å². The maximum Gasteiger partial charge on any atom is 0.243 e. The zero-order chi connectivity index (χ0) is 29.4. The Labute approximate surface area is 247 Å². The molecular formula is C34H41NO3SSi2. The Morgan fingerprint density at radius 2 is 1.20 bits per heavy atom. The number of benzene rings is 4. The monoisotopic (exact) mass is 599 g/mol. The third kappa shape index (κ3) is 5.66. The predicted octanol–water partition coefficient (Wildman–Crippen LogP) is 6.07. The second kappa shape index (κ2) is 11.5. The minimum atomic E-state index is -3.95. The second-order valence-electron chi connectivity index (χ2n) is 12.6. The molecule has 7 heteroatoms. The summed E-state index contributed by atoms with van der Waals surface area (Å²) in [7, 11) is -8.51. The lowest BCUT2D eigenvalue weighted by molar-refractivity contribution is 0.141. The summed E-state index contributed by atoms with van der Waals surface area (Å²) in [6, 6.07) is 37.5. The van der Waals surface area contributed by atoms with Gasteiger partial charge in [0.2, 0.25) is 10.0 Å². The summed E-state index contributed by atoms with van der Waals surface area (Å²) >= 11 is 0. The van der Waals surface area contributed by atoms with Gasteiger partial charge in [-0.25, -0.2) is 8.42 Å². The summed E-state index contributed by atoms with van der Waals surface area (Å²) in [5.41, 5.74) is 1.64. The molecule has 4 nitrogen and oxygen atoms in total. The number of sulfonamides is 1. The van der Waals surface area contributed by atoms with Crippen LogP contribution >= 0.6 is 0 Å². The van der Waals surface area contributed by atoms with Crippen LogP contribution in [0.1, 0.15) is 17.2 Å². The van der Waals surface area contributed by atoms with Crippen LogP contribution in [0.3, 0.4) is 0 Å². The van der Waals surface area contributed by atoms with Gasteiger partial charge >= 0.3 is 0 Å². The normalized spacial score (nSPS) is 22.1. The van der Waals surface area contributed by atoms with Gasteiger partial charge in [-0.2, -0.15) is 4.31 Å². The Bertz CT molecular complexity index is 1560. The molecule has 0 bridgehead atoms. The summed E-state index contributed by atoms with van der Waals surface area (Å²) in [5, 5.41) is 14.9. The first kappa shape index (κ1) is 29.7. The molecule has 0 unspecified atom stereocenters. The van der Waals surface area contributed by atoms with Crippen molar-refractivity contribution < 1.29 is 13.5 Å². The summed E-state index contributed by atoms with van der Waals surface area (Å²) in [4.78, 5) is 0.278. The Morgan fingerprint density at radius 1 is 0.707 bits per heavy atom. The van der Waals surface area contributed by atoms with E-state index in [0.29, 0.717) is 0 Å². The van der Waals surface area contributed by atoms with Crippen LogP contribution in [0.5, 0.6) is 0 Å². The van der Waals surface area contributed by atoms with Gasteiger partial charge in [0.15, 0.2) is 0 Å². The number of aryl methyl sites for hydroxylation is 1. The highest BCUT2D eigenvalue weighted by molar-refractivity contribution is 7.89. The third-order valence-electron chi connectivity index (χ3n) is 9.07. The van der Waals surface area contributed by atoms with Crippen molar-refractivity contribution in [1.82, 2.24) is 4.31 Å². The van der Waals surface area contributed by atoms with Crippen molar-refractivity contribution >= 4 is 36.5 Å². The molecule has 1 aliphatic rings. The molecule has 1 N–H and O–H groups in total. The fraction of sp³-hybridized carbons (Fsp3) is 0.294. The highest BCUT2D eigenvalue weighted by Crippen LogP contribution is 2.52. The SMILES string of the molecule is Cc1ccc(S(=O)(=O)N2[C@H](C[Si](C)(C)c3ccccc3)[C@@H]([Si](C)(C)c3ccccc3)[C@H](O)[C@@H]2c2ccccc2)cc1. The molecule has 1 fully saturated rings. The summed E-state index contributed by atoms with van der Waals surface area (Å²) in [6.45, 7) is 11.2. The molecule has 1 saturated heterocycles. The van der Waals surface area contributed by atoms with E-state index in [0.717, 1.165) is 17.2 Å².